The molecule has 0 spiro atoms. The number of carbonyl (C=O) groups is 1. The van der Waals surface area contributed by atoms with E-state index in [0.717, 1.165) is 24.1 Å². The molecule has 0 saturated heterocycles. The fourth-order valence-electron chi connectivity index (χ4n) is 2.11. The van der Waals surface area contributed by atoms with Gasteiger partial charge in [-0.3, -0.25) is 4.79 Å². The van der Waals surface area contributed by atoms with Crippen molar-refractivity contribution >= 4 is 18.4 Å². The largest absolute Gasteiger partial charge is 0.488 e. The Morgan fingerprint density at radius 3 is 2.88 bits per heavy atom. The lowest BCUT2D eigenvalue weighted by molar-refractivity contribution is -0.119. The number of rotatable bonds is 2. The Morgan fingerprint density at radius 2 is 2.25 bits per heavy atom. The summed E-state index contributed by atoms with van der Waals surface area (Å²) in [6, 6.07) is 4.94. The van der Waals surface area contributed by atoms with Crippen LogP contribution < -0.4 is 10.8 Å². The Morgan fingerprint density at radius 1 is 1.50 bits per heavy atom. The summed E-state index contributed by atoms with van der Waals surface area (Å²) in [7, 11) is -1.45. The van der Waals surface area contributed by atoms with Crippen LogP contribution in [0.3, 0.4) is 0 Å². The Kier molecular flexibility index (Phi) is 3.09. The van der Waals surface area contributed by atoms with Crippen LogP contribution in [0.25, 0.3) is 0 Å². The molecule has 84 valence electrons. The lowest BCUT2D eigenvalue weighted by Gasteiger charge is -2.25. The number of fused-ring (bicyclic) bond motifs is 1. The highest BCUT2D eigenvalue weighted by molar-refractivity contribution is 6.58. The molecule has 3 N–H and O–H groups in total. The van der Waals surface area contributed by atoms with Crippen LogP contribution >= 0.6 is 0 Å². The van der Waals surface area contributed by atoms with Crippen molar-refractivity contribution in [1.29, 1.82) is 0 Å². The first-order valence-corrected chi connectivity index (χ1v) is 5.32. The van der Waals surface area contributed by atoms with Crippen molar-refractivity contribution in [3.63, 3.8) is 0 Å². The van der Waals surface area contributed by atoms with Gasteiger partial charge in [0.05, 0.1) is 6.04 Å². The van der Waals surface area contributed by atoms with E-state index in [1.54, 1.807) is 25.1 Å². The molecular formula is C11H14BNO3. The number of carbonyl (C=O) groups excluding carboxylic acids is 1. The zero-order valence-electron chi connectivity index (χ0n) is 9.10. The van der Waals surface area contributed by atoms with E-state index in [4.69, 9.17) is 10.0 Å². The highest BCUT2D eigenvalue weighted by atomic mass is 16.4. The molecule has 0 radical (unpaired) electrons. The second-order valence-corrected chi connectivity index (χ2v) is 4.08. The molecule has 0 saturated carbocycles. The van der Waals surface area contributed by atoms with Crippen molar-refractivity contribution < 1.29 is 14.8 Å². The number of hydrogen-bond donors (Lipinski definition) is 3. The summed E-state index contributed by atoms with van der Waals surface area (Å²) in [5, 5.41) is 21.3. The summed E-state index contributed by atoms with van der Waals surface area (Å²) >= 11 is 0. The summed E-state index contributed by atoms with van der Waals surface area (Å²) in [6.45, 7) is 2.30. The van der Waals surface area contributed by atoms with Crippen LogP contribution in [-0.4, -0.2) is 29.5 Å². The van der Waals surface area contributed by atoms with Crippen LogP contribution in [-0.2, 0) is 11.2 Å². The number of hydrogen-bond acceptors (Lipinski definition) is 4. The van der Waals surface area contributed by atoms with E-state index < -0.39 is 7.12 Å². The van der Waals surface area contributed by atoms with Gasteiger partial charge in [-0.25, -0.2) is 0 Å². The maximum atomic E-state index is 11.4. The maximum absolute atomic E-state index is 11.4. The van der Waals surface area contributed by atoms with Crippen molar-refractivity contribution in [3.05, 3.63) is 29.3 Å². The van der Waals surface area contributed by atoms with Crippen LogP contribution in [0.1, 0.15) is 24.1 Å². The topological polar surface area (TPSA) is 69.6 Å². The van der Waals surface area contributed by atoms with Gasteiger partial charge in [-0.1, -0.05) is 18.2 Å². The van der Waals surface area contributed by atoms with E-state index in [2.05, 4.69) is 5.32 Å². The molecule has 1 aromatic carbocycles. The highest BCUT2D eigenvalue weighted by Gasteiger charge is 2.24. The molecule has 16 heavy (non-hydrogen) atoms. The second-order valence-electron chi connectivity index (χ2n) is 4.08. The van der Waals surface area contributed by atoms with Gasteiger partial charge in [-0.2, -0.15) is 0 Å². The monoisotopic (exact) mass is 219 g/mol. The van der Waals surface area contributed by atoms with E-state index in [9.17, 15) is 4.79 Å². The Balaban J connectivity index is 2.40. The molecular weight excluding hydrogens is 205 g/mol. The number of ketones is 1. The first kappa shape index (κ1) is 11.3. The first-order chi connectivity index (χ1) is 7.59. The molecule has 0 fully saturated rings. The van der Waals surface area contributed by atoms with Crippen LogP contribution in [0, 0.1) is 0 Å². The molecule has 1 atom stereocenters. The van der Waals surface area contributed by atoms with E-state index in [-0.39, 0.29) is 11.8 Å². The minimum Gasteiger partial charge on any atom is -0.423 e. The summed E-state index contributed by atoms with van der Waals surface area (Å²) in [6.07, 6.45) is 0.805. The van der Waals surface area contributed by atoms with Gasteiger partial charge >= 0.3 is 7.12 Å². The summed E-state index contributed by atoms with van der Waals surface area (Å²) in [5.41, 5.74) is 2.44. The summed E-state index contributed by atoms with van der Waals surface area (Å²) < 4.78 is 0. The van der Waals surface area contributed by atoms with E-state index in [1.165, 1.54) is 0 Å². The molecule has 4 nitrogen and oxygen atoms in total. The van der Waals surface area contributed by atoms with Crippen LogP contribution in [0.4, 0.5) is 0 Å². The third kappa shape index (κ3) is 2.02. The van der Waals surface area contributed by atoms with Crippen molar-refractivity contribution in [2.24, 2.45) is 0 Å². The Hall–Kier alpha value is -1.17. The number of benzene rings is 1. The third-order valence-electron chi connectivity index (χ3n) is 2.93. The van der Waals surface area contributed by atoms with Crippen LogP contribution in [0.2, 0.25) is 0 Å². The lowest BCUT2D eigenvalue weighted by Crippen LogP contribution is -2.36. The molecule has 1 aliphatic heterocycles. The molecule has 1 unspecified atom stereocenters. The molecule has 1 aromatic rings. The predicted molar refractivity (Wildman–Crippen MR) is 61.4 cm³/mol. The summed E-state index contributed by atoms with van der Waals surface area (Å²) in [4.78, 5) is 11.4. The van der Waals surface area contributed by atoms with Gasteiger partial charge in [0.1, 0.15) is 0 Å². The molecule has 1 aliphatic rings. The van der Waals surface area contributed by atoms with E-state index >= 15 is 0 Å². The average molecular weight is 219 g/mol. The number of Topliss-reactive ketones (excluding diaryl/α,β-unsaturated/α-hetero) is 1. The quantitative estimate of drug-likeness (QED) is 0.566. The van der Waals surface area contributed by atoms with E-state index in [0.29, 0.717) is 5.46 Å². The van der Waals surface area contributed by atoms with Crippen LogP contribution in [0.15, 0.2) is 18.2 Å². The fourth-order valence-corrected chi connectivity index (χ4v) is 2.11. The molecule has 5 heteroatoms. The van der Waals surface area contributed by atoms with Gasteiger partial charge in [0.25, 0.3) is 0 Å². The van der Waals surface area contributed by atoms with E-state index in [1.807, 2.05) is 0 Å². The Labute approximate surface area is 94.4 Å². The molecule has 0 aromatic heterocycles. The SMILES string of the molecule is CC(=O)C1NCCc2cc(B(O)O)ccc21. The molecule has 0 aliphatic carbocycles. The zero-order chi connectivity index (χ0) is 11.7. The van der Waals surface area contributed by atoms with Crippen molar-refractivity contribution in [2.75, 3.05) is 6.54 Å². The smallest absolute Gasteiger partial charge is 0.423 e. The van der Waals surface area contributed by atoms with Crippen LogP contribution in [0.5, 0.6) is 0 Å². The average Bonchev–Trinajstić information content (AvgIpc) is 2.27. The van der Waals surface area contributed by atoms with Gasteiger partial charge in [0.15, 0.2) is 5.78 Å². The normalized spacial score (nSPS) is 19.1. The fraction of sp³-hybridized carbons (Fsp3) is 0.364. The van der Waals surface area contributed by atoms with Gasteiger partial charge < -0.3 is 15.4 Å². The molecule has 1 heterocycles. The van der Waals surface area contributed by atoms with Gasteiger partial charge in [0.2, 0.25) is 0 Å². The first-order valence-electron chi connectivity index (χ1n) is 5.32. The minimum atomic E-state index is -1.45. The lowest BCUT2D eigenvalue weighted by atomic mass is 9.77. The molecule has 0 bridgehead atoms. The molecule has 2 rings (SSSR count). The highest BCUT2D eigenvalue weighted by Crippen LogP contribution is 2.22. The van der Waals surface area contributed by atoms with Crippen molar-refractivity contribution in [3.8, 4) is 0 Å². The second kappa shape index (κ2) is 4.37. The predicted octanol–water partition coefficient (Wildman–Crippen LogP) is -0.858. The van der Waals surface area contributed by atoms with Gasteiger partial charge in [-0.15, -0.1) is 0 Å². The summed E-state index contributed by atoms with van der Waals surface area (Å²) in [5.74, 6) is 0.0817. The molecule has 0 amide bonds. The van der Waals surface area contributed by atoms with Crippen molar-refractivity contribution in [2.45, 2.75) is 19.4 Å². The minimum absolute atomic E-state index is 0.0817. The van der Waals surface area contributed by atoms with Crippen molar-refractivity contribution in [1.82, 2.24) is 5.32 Å². The van der Waals surface area contributed by atoms with Gasteiger partial charge in [0, 0.05) is 6.54 Å². The zero-order valence-corrected chi connectivity index (χ0v) is 9.10. The Bertz CT molecular complexity index is 420. The third-order valence-corrected chi connectivity index (χ3v) is 2.93. The maximum Gasteiger partial charge on any atom is 0.488 e. The standard InChI is InChI=1S/C11H14BNO3/c1-7(14)11-10-3-2-9(12(15)16)6-8(10)4-5-13-11/h2-3,6,11,13,15-16H,4-5H2,1H3. The van der Waals surface area contributed by atoms with Gasteiger partial charge in [-0.05, 0) is 29.9 Å². The number of nitrogens with one attached hydrogen (secondary N) is 1.